The third-order valence-corrected chi connectivity index (χ3v) is 4.80. The van der Waals surface area contributed by atoms with Gasteiger partial charge in [0.05, 0.1) is 6.61 Å². The molecule has 1 aliphatic heterocycles. The second kappa shape index (κ2) is 5.05. The molecule has 104 valence electrons. The first-order chi connectivity index (χ1) is 9.03. The number of fused-ring (bicyclic) bond motifs is 1. The zero-order valence-corrected chi connectivity index (χ0v) is 12.7. The average Bonchev–Trinajstić information content (AvgIpc) is 3.00. The predicted octanol–water partition coefficient (Wildman–Crippen LogP) is 1.47. The van der Waals surface area contributed by atoms with Gasteiger partial charge in [-0.15, -0.1) is 0 Å². The Morgan fingerprint density at radius 3 is 2.89 bits per heavy atom. The molecule has 0 atom stereocenters. The minimum atomic E-state index is -3.42. The van der Waals surface area contributed by atoms with Crippen LogP contribution in [0.3, 0.4) is 0 Å². The highest BCUT2D eigenvalue weighted by Gasteiger charge is 2.27. The Hall–Kier alpha value is -0.630. The summed E-state index contributed by atoms with van der Waals surface area (Å²) in [5.74, 6) is 0.817. The monoisotopic (exact) mass is 346 g/mol. The van der Waals surface area contributed by atoms with Crippen LogP contribution in [0.1, 0.15) is 24.0 Å². The van der Waals surface area contributed by atoms with Crippen molar-refractivity contribution >= 4 is 26.1 Å². The summed E-state index contributed by atoms with van der Waals surface area (Å²) in [6.07, 6.45) is 2.72. The first-order valence-electron chi connectivity index (χ1n) is 6.24. The maximum absolute atomic E-state index is 11.8. The van der Waals surface area contributed by atoms with Crippen molar-refractivity contribution < 1.29 is 13.2 Å². The molecule has 2 aliphatic rings. The van der Waals surface area contributed by atoms with Crippen molar-refractivity contribution in [1.29, 1.82) is 0 Å². The van der Waals surface area contributed by atoms with Gasteiger partial charge in [-0.3, -0.25) is 0 Å². The smallest absolute Gasteiger partial charge is 0.277 e. The third-order valence-electron chi connectivity index (χ3n) is 3.18. The van der Waals surface area contributed by atoms with Crippen molar-refractivity contribution in [3.63, 3.8) is 0 Å². The molecule has 1 aliphatic carbocycles. The lowest BCUT2D eigenvalue weighted by atomic mass is 10.1. The number of rotatable bonds is 5. The van der Waals surface area contributed by atoms with E-state index in [4.69, 9.17) is 4.74 Å². The first-order valence-corrected chi connectivity index (χ1v) is 8.52. The van der Waals surface area contributed by atoms with Crippen LogP contribution in [0.5, 0.6) is 5.75 Å². The Balaban J connectivity index is 1.73. The van der Waals surface area contributed by atoms with Gasteiger partial charge in [0.15, 0.2) is 0 Å². The molecule has 3 rings (SSSR count). The summed E-state index contributed by atoms with van der Waals surface area (Å²) < 4.78 is 35.2. The number of nitrogens with one attached hydrogen (secondary N) is 2. The molecule has 1 aromatic rings. The molecule has 7 heteroatoms. The van der Waals surface area contributed by atoms with Gasteiger partial charge in [0.1, 0.15) is 5.75 Å². The fraction of sp³-hybridized carbons (Fsp3) is 0.500. The Bertz CT molecular complexity index is 599. The number of ether oxygens (including phenoxy) is 1. The second-order valence-electron chi connectivity index (χ2n) is 4.87. The van der Waals surface area contributed by atoms with E-state index in [1.807, 2.05) is 12.1 Å². The van der Waals surface area contributed by atoms with Crippen LogP contribution >= 0.6 is 15.9 Å². The van der Waals surface area contributed by atoms with Crippen LogP contribution in [-0.2, 0) is 23.2 Å². The maximum atomic E-state index is 11.8. The highest BCUT2D eigenvalue weighted by Crippen LogP contribution is 2.33. The van der Waals surface area contributed by atoms with Crippen molar-refractivity contribution in [2.24, 2.45) is 0 Å². The van der Waals surface area contributed by atoms with Crippen LogP contribution in [0.4, 0.5) is 0 Å². The van der Waals surface area contributed by atoms with Crippen LogP contribution in [0.25, 0.3) is 0 Å². The van der Waals surface area contributed by atoms with E-state index < -0.39 is 10.2 Å². The molecule has 19 heavy (non-hydrogen) atoms. The van der Waals surface area contributed by atoms with E-state index in [9.17, 15) is 8.42 Å². The van der Waals surface area contributed by atoms with Gasteiger partial charge in [0.2, 0.25) is 0 Å². The van der Waals surface area contributed by atoms with Crippen molar-refractivity contribution in [2.45, 2.75) is 31.8 Å². The van der Waals surface area contributed by atoms with E-state index in [0.717, 1.165) is 40.6 Å². The molecule has 1 aromatic carbocycles. The summed E-state index contributed by atoms with van der Waals surface area (Å²) in [5.41, 5.74) is 1.99. The zero-order valence-electron chi connectivity index (χ0n) is 10.3. The van der Waals surface area contributed by atoms with Crippen molar-refractivity contribution in [1.82, 2.24) is 9.44 Å². The fourth-order valence-corrected chi connectivity index (χ4v) is 3.77. The summed E-state index contributed by atoms with van der Waals surface area (Å²) in [6.45, 7) is 0.898. The Labute approximate surface area is 121 Å². The zero-order chi connectivity index (χ0) is 13.5. The molecule has 2 N–H and O–H groups in total. The molecule has 0 spiro atoms. The summed E-state index contributed by atoms with van der Waals surface area (Å²) in [7, 11) is -3.42. The molecule has 1 saturated carbocycles. The summed E-state index contributed by atoms with van der Waals surface area (Å²) >= 11 is 3.44. The minimum Gasteiger partial charge on any atom is -0.493 e. The van der Waals surface area contributed by atoms with E-state index in [2.05, 4.69) is 25.4 Å². The normalized spacial score (nSPS) is 18.2. The van der Waals surface area contributed by atoms with Crippen molar-refractivity contribution in [2.75, 3.05) is 6.61 Å². The Kier molecular flexibility index (Phi) is 3.55. The number of benzene rings is 1. The lowest BCUT2D eigenvalue weighted by Crippen LogP contribution is -2.37. The van der Waals surface area contributed by atoms with Crippen LogP contribution in [0.15, 0.2) is 16.6 Å². The molecular formula is C12H15BrN2O3S. The van der Waals surface area contributed by atoms with E-state index in [1.165, 1.54) is 0 Å². The average molecular weight is 347 g/mol. The summed E-state index contributed by atoms with van der Waals surface area (Å²) in [5, 5.41) is 0. The molecule has 1 heterocycles. The highest BCUT2D eigenvalue weighted by atomic mass is 79.9. The fourth-order valence-electron chi connectivity index (χ4n) is 2.11. The number of hydrogen-bond acceptors (Lipinski definition) is 3. The molecule has 0 saturated heterocycles. The predicted molar refractivity (Wildman–Crippen MR) is 75.3 cm³/mol. The van der Waals surface area contributed by atoms with Crippen LogP contribution in [0, 0.1) is 0 Å². The van der Waals surface area contributed by atoms with Gasteiger partial charge in [-0.25, -0.2) is 0 Å². The Morgan fingerprint density at radius 1 is 1.37 bits per heavy atom. The molecule has 0 amide bonds. The van der Waals surface area contributed by atoms with Gasteiger partial charge in [-0.2, -0.15) is 17.9 Å². The SMILES string of the molecule is O=S(=O)(NCc1cc(Br)cc2c1OCC2)NC1CC1. The van der Waals surface area contributed by atoms with E-state index in [1.54, 1.807) is 0 Å². The third kappa shape index (κ3) is 3.28. The van der Waals surface area contributed by atoms with Gasteiger partial charge in [0.25, 0.3) is 10.2 Å². The molecule has 1 fully saturated rings. The minimum absolute atomic E-state index is 0.113. The van der Waals surface area contributed by atoms with Crippen molar-refractivity contribution in [3.05, 3.63) is 27.7 Å². The van der Waals surface area contributed by atoms with Gasteiger partial charge < -0.3 is 4.74 Å². The molecular weight excluding hydrogens is 332 g/mol. The number of halogens is 1. The lowest BCUT2D eigenvalue weighted by Gasteiger charge is -2.11. The van der Waals surface area contributed by atoms with Crippen LogP contribution < -0.4 is 14.2 Å². The van der Waals surface area contributed by atoms with Gasteiger partial charge in [-0.1, -0.05) is 15.9 Å². The van der Waals surface area contributed by atoms with Crippen molar-refractivity contribution in [3.8, 4) is 5.75 Å². The standard InChI is InChI=1S/C12H15BrN2O3S/c13-10-5-8-3-4-18-12(8)9(6-10)7-14-19(16,17)15-11-1-2-11/h5-6,11,14-15H,1-4,7H2. The Morgan fingerprint density at radius 2 is 2.16 bits per heavy atom. The second-order valence-corrected chi connectivity index (χ2v) is 7.32. The highest BCUT2D eigenvalue weighted by molar-refractivity contribution is 9.10. The lowest BCUT2D eigenvalue weighted by molar-refractivity contribution is 0.353. The summed E-state index contributed by atoms with van der Waals surface area (Å²) in [6, 6.07) is 4.02. The molecule has 0 bridgehead atoms. The van der Waals surface area contributed by atoms with Crippen LogP contribution in [-0.4, -0.2) is 21.1 Å². The van der Waals surface area contributed by atoms with E-state index in [-0.39, 0.29) is 12.6 Å². The van der Waals surface area contributed by atoms with Gasteiger partial charge >= 0.3 is 0 Å². The molecule has 0 aromatic heterocycles. The van der Waals surface area contributed by atoms with E-state index in [0.29, 0.717) is 6.61 Å². The van der Waals surface area contributed by atoms with Gasteiger partial charge in [0, 0.05) is 29.0 Å². The molecule has 0 radical (unpaired) electrons. The molecule has 5 nitrogen and oxygen atoms in total. The topological polar surface area (TPSA) is 67.4 Å². The quantitative estimate of drug-likeness (QED) is 0.848. The van der Waals surface area contributed by atoms with E-state index >= 15 is 0 Å². The largest absolute Gasteiger partial charge is 0.493 e. The first kappa shape index (κ1) is 13.4. The maximum Gasteiger partial charge on any atom is 0.277 e. The summed E-state index contributed by atoms with van der Waals surface area (Å²) in [4.78, 5) is 0. The molecule has 0 unspecified atom stereocenters. The number of hydrogen-bond donors (Lipinski definition) is 2. The van der Waals surface area contributed by atoms with Crippen LogP contribution in [0.2, 0.25) is 0 Å². The van der Waals surface area contributed by atoms with Gasteiger partial charge in [-0.05, 0) is 30.5 Å².